The van der Waals surface area contributed by atoms with E-state index in [-0.39, 0.29) is 21.7 Å². The minimum Gasteiger partial charge on any atom is -0.252 e. The molecule has 10 nitrogen and oxygen atoms in total. The lowest BCUT2D eigenvalue weighted by Gasteiger charge is -2.19. The van der Waals surface area contributed by atoms with Gasteiger partial charge in [0.25, 0.3) is 0 Å². The Labute approximate surface area is 762 Å². The summed E-state index contributed by atoms with van der Waals surface area (Å²) in [6, 6.07) is 128. The van der Waals surface area contributed by atoms with Crippen molar-refractivity contribution in [2.45, 2.75) is 105 Å². The van der Waals surface area contributed by atoms with Crippen LogP contribution >= 0.6 is 0 Å². The van der Waals surface area contributed by atoms with Crippen LogP contribution < -0.4 is 0 Å². The van der Waals surface area contributed by atoms with Gasteiger partial charge in [0.2, 0.25) is 0 Å². The van der Waals surface area contributed by atoms with Gasteiger partial charge in [-0.3, -0.25) is 9.97 Å². The summed E-state index contributed by atoms with van der Waals surface area (Å²) in [5.74, 6) is 0. The van der Waals surface area contributed by atoms with Crippen LogP contribution in [0, 0.1) is 0 Å². The molecule has 630 valence electrons. The second-order valence-corrected chi connectivity index (χ2v) is 37.8. The lowest BCUT2D eigenvalue weighted by molar-refractivity contribution is 0.567. The van der Waals surface area contributed by atoms with Crippen LogP contribution in [0.4, 0.5) is 0 Å². The fourth-order valence-electron chi connectivity index (χ4n) is 17.4. The fourth-order valence-corrected chi connectivity index (χ4v) is 17.4. The first-order valence-corrected chi connectivity index (χ1v) is 44.6. The molecule has 0 N–H and O–H groups in total. The molecular weight excluding hydrogens is 1580 g/mol. The highest BCUT2D eigenvalue weighted by molar-refractivity contribution is 5.98. The normalized spacial score (nSPS) is 11.8. The Morgan fingerprint density at radius 3 is 0.415 bits per heavy atom. The summed E-state index contributed by atoms with van der Waals surface area (Å²) in [7, 11) is 0. The van der Waals surface area contributed by atoms with E-state index in [1.54, 1.807) is 25.3 Å². The maximum atomic E-state index is 5.11. The summed E-state index contributed by atoms with van der Waals surface area (Å²) >= 11 is 0. The summed E-state index contributed by atoms with van der Waals surface area (Å²) in [6.07, 6.45) is 10.5. The average molecular weight is 1680 g/mol. The molecule has 0 saturated carbocycles. The van der Waals surface area contributed by atoms with E-state index in [9.17, 15) is 0 Å². The molecule has 5 heterocycles. The third-order valence-electron chi connectivity index (χ3n) is 24.6. The van der Waals surface area contributed by atoms with Crippen molar-refractivity contribution in [2.24, 2.45) is 0 Å². The smallest absolute Gasteiger partial charge is 0.116 e. The van der Waals surface area contributed by atoms with Gasteiger partial charge in [0.1, 0.15) is 25.3 Å². The lowest BCUT2D eigenvalue weighted by atomic mass is 9.86. The SMILES string of the molecule is CC(C)(C)c1cc(-c2ccc(-c3ccccc3-c3cc(-c4ccccc4-c4ccc(-c5cnc(-c6ccc(-c7ccccc7-c7cc(-c8ccccc8-c8ccc(-c9cc(C(C)(C)C)ncn9)cc8)cc(-c8ccccc8-c8ccc(-c9cc(C(C)(C)C)ncn9)cc8)c7)cc6)cn5)cc4)cc(-c4ccccc4-c4ccc(-c5cc(C(C)(C)C)ncn5)cc4)c3)cc2)ncn1. The Morgan fingerprint density at radius 2 is 0.269 bits per heavy atom. The van der Waals surface area contributed by atoms with Gasteiger partial charge in [-0.05, 0) is 194 Å². The molecule has 0 fully saturated rings. The lowest BCUT2D eigenvalue weighted by Crippen LogP contribution is -2.13. The number of nitrogens with zero attached hydrogens (tertiary/aromatic N) is 10. The topological polar surface area (TPSA) is 129 Å². The first kappa shape index (κ1) is 84.0. The maximum Gasteiger partial charge on any atom is 0.116 e. The highest BCUT2D eigenvalue weighted by Gasteiger charge is 2.25. The highest BCUT2D eigenvalue weighted by Crippen LogP contribution is 2.47. The molecule has 0 radical (unpaired) electrons. The molecule has 0 saturated heterocycles. The Kier molecular flexibility index (Phi) is 22.6. The zero-order valence-electron chi connectivity index (χ0n) is 75.4. The first-order chi connectivity index (χ1) is 62.9. The van der Waals surface area contributed by atoms with Gasteiger partial charge in [0, 0.05) is 77.8 Å². The van der Waals surface area contributed by atoms with Gasteiger partial charge in [-0.15, -0.1) is 0 Å². The average Bonchev–Trinajstić information content (AvgIpc) is 0.771. The Bertz CT molecular complexity index is 6610. The first-order valence-electron chi connectivity index (χ1n) is 44.6. The van der Waals surface area contributed by atoms with E-state index >= 15 is 0 Å². The number of hydrogen-bond donors (Lipinski definition) is 0. The van der Waals surface area contributed by atoms with E-state index in [1.807, 2.05) is 12.4 Å². The second-order valence-electron chi connectivity index (χ2n) is 37.8. The van der Waals surface area contributed by atoms with Crippen molar-refractivity contribution in [3.05, 3.63) is 412 Å². The van der Waals surface area contributed by atoms with Gasteiger partial charge in [-0.25, -0.2) is 39.9 Å². The number of benzene rings is 14. The molecule has 19 rings (SSSR count). The molecule has 5 aromatic heterocycles. The van der Waals surface area contributed by atoms with E-state index in [2.05, 4.69) is 455 Å². The van der Waals surface area contributed by atoms with E-state index in [4.69, 9.17) is 29.9 Å². The molecule has 14 aromatic carbocycles. The van der Waals surface area contributed by atoms with Crippen molar-refractivity contribution in [3.8, 4) is 201 Å². The number of aromatic nitrogens is 10. The summed E-state index contributed by atoms with van der Waals surface area (Å²) in [5.41, 5.74) is 41.5. The van der Waals surface area contributed by atoms with Crippen LogP contribution in [0.25, 0.3) is 201 Å². The van der Waals surface area contributed by atoms with Crippen molar-refractivity contribution in [1.82, 2.24) is 49.8 Å². The van der Waals surface area contributed by atoms with Crippen LogP contribution in [0.3, 0.4) is 0 Å². The summed E-state index contributed by atoms with van der Waals surface area (Å²) in [6.45, 7) is 26.2. The quantitative estimate of drug-likeness (QED) is 0.0819. The van der Waals surface area contributed by atoms with Gasteiger partial charge < -0.3 is 0 Å². The van der Waals surface area contributed by atoms with Gasteiger partial charge in [0.15, 0.2) is 0 Å². The minimum absolute atomic E-state index is 0.111. The van der Waals surface area contributed by atoms with Crippen LogP contribution in [-0.4, -0.2) is 49.8 Å². The van der Waals surface area contributed by atoms with Crippen molar-refractivity contribution in [1.29, 1.82) is 0 Å². The summed E-state index contributed by atoms with van der Waals surface area (Å²) in [4.78, 5) is 47.6. The van der Waals surface area contributed by atoms with E-state index in [1.165, 1.54) is 0 Å². The van der Waals surface area contributed by atoms with Crippen molar-refractivity contribution < 1.29 is 0 Å². The molecular formula is C120H100N10. The van der Waals surface area contributed by atoms with Crippen LogP contribution in [0.1, 0.15) is 106 Å². The predicted molar refractivity (Wildman–Crippen MR) is 537 cm³/mol. The van der Waals surface area contributed by atoms with Crippen LogP contribution in [0.5, 0.6) is 0 Å². The number of rotatable bonds is 18. The van der Waals surface area contributed by atoms with Crippen LogP contribution in [-0.2, 0) is 21.7 Å². The van der Waals surface area contributed by atoms with Gasteiger partial charge in [-0.1, -0.05) is 374 Å². The van der Waals surface area contributed by atoms with Crippen molar-refractivity contribution in [3.63, 3.8) is 0 Å². The third kappa shape index (κ3) is 17.8. The van der Waals surface area contributed by atoms with Gasteiger partial charge in [0.05, 0.1) is 46.6 Å². The van der Waals surface area contributed by atoms with E-state index in [0.717, 1.165) is 224 Å². The molecule has 0 aliphatic carbocycles. The molecule has 10 heteroatoms. The van der Waals surface area contributed by atoms with Gasteiger partial charge in [-0.2, -0.15) is 0 Å². The largest absolute Gasteiger partial charge is 0.252 e. The Hall–Kier alpha value is -15.5. The second kappa shape index (κ2) is 35.0. The van der Waals surface area contributed by atoms with Crippen LogP contribution in [0.15, 0.2) is 390 Å². The van der Waals surface area contributed by atoms with Crippen molar-refractivity contribution in [2.75, 3.05) is 0 Å². The third-order valence-corrected chi connectivity index (χ3v) is 24.6. The van der Waals surface area contributed by atoms with Crippen LogP contribution in [0.2, 0.25) is 0 Å². The van der Waals surface area contributed by atoms with E-state index in [0.29, 0.717) is 0 Å². The molecule has 130 heavy (non-hydrogen) atoms. The molecule has 19 aromatic rings. The molecule has 0 unspecified atom stereocenters. The standard InChI is InChI=1S/C120H100N10/c1-117(2,3)113-67-107(123-73-127-113)83-49-37-77(38-50-83)95-25-13-19-31-101(95)89-61-90(102-32-20-14-26-96(102)78-39-51-84(52-40-78)108-68-114(118(4,5)6)128-74-124-108)64-93(63-89)105-35-23-17-29-99(105)81-45-57-87(58-46-81)111-71-122-112(72-121-111)88-59-47-82(48-60-88)100-30-18-24-36-106(100)94-65-91(103-33-21-15-27-97(103)79-41-53-85(54-42-79)109-69-115(119(7,8)9)129-75-125-109)62-92(66-94)104-34-22-16-28-98(104)80-43-55-86(56-44-80)110-70-116(120(10,11)12)130-76-126-110/h13-76H,1-12H3. The molecule has 0 atom stereocenters. The van der Waals surface area contributed by atoms with Gasteiger partial charge >= 0.3 is 0 Å². The molecule has 0 aliphatic heterocycles. The molecule has 0 spiro atoms. The summed E-state index contributed by atoms with van der Waals surface area (Å²) < 4.78 is 0. The van der Waals surface area contributed by atoms with E-state index < -0.39 is 0 Å². The Morgan fingerprint density at radius 1 is 0.131 bits per heavy atom. The number of hydrogen-bond acceptors (Lipinski definition) is 10. The molecule has 0 amide bonds. The summed E-state index contributed by atoms with van der Waals surface area (Å²) in [5, 5.41) is 0. The zero-order valence-corrected chi connectivity index (χ0v) is 75.4. The Balaban J connectivity index is 0.629. The zero-order chi connectivity index (χ0) is 89.4. The maximum absolute atomic E-state index is 5.11. The highest BCUT2D eigenvalue weighted by atomic mass is 14.9. The van der Waals surface area contributed by atoms with Crippen molar-refractivity contribution >= 4 is 0 Å². The predicted octanol–water partition coefficient (Wildman–Crippen LogP) is 30.8. The molecule has 0 bridgehead atoms. The fraction of sp³-hybridized carbons (Fsp3) is 0.133. The minimum atomic E-state index is -0.111. The monoisotopic (exact) mass is 1680 g/mol. The molecule has 0 aliphatic rings.